The van der Waals surface area contributed by atoms with Gasteiger partial charge >= 0.3 is 0 Å². The first-order valence-electron chi connectivity index (χ1n) is 6.93. The van der Waals surface area contributed by atoms with E-state index in [1.54, 1.807) is 0 Å². The van der Waals surface area contributed by atoms with E-state index in [1.165, 1.54) is 16.8 Å². The van der Waals surface area contributed by atoms with Crippen LogP contribution < -0.4 is 5.32 Å². The van der Waals surface area contributed by atoms with E-state index in [2.05, 4.69) is 60.0 Å². The van der Waals surface area contributed by atoms with E-state index in [-0.39, 0.29) is 0 Å². The maximum atomic E-state index is 4.51. The highest BCUT2D eigenvalue weighted by Gasteiger charge is 2.25. The molecule has 1 aliphatic rings. The van der Waals surface area contributed by atoms with Crippen LogP contribution in [-0.2, 0) is 0 Å². The Balaban J connectivity index is 1.99. The Bertz CT molecular complexity index is 544. The van der Waals surface area contributed by atoms with Crippen molar-refractivity contribution >= 4 is 0 Å². The fraction of sp³-hybridized carbons (Fsp3) is 0.375. The van der Waals surface area contributed by atoms with Crippen LogP contribution >= 0.6 is 0 Å². The van der Waals surface area contributed by atoms with Crippen molar-refractivity contribution in [1.82, 2.24) is 15.5 Å². The third-order valence-corrected chi connectivity index (χ3v) is 3.80. The molecule has 1 aromatic heterocycles. The Morgan fingerprint density at radius 3 is 2.68 bits per heavy atom. The molecule has 2 heterocycles. The molecule has 2 atom stereocenters. The lowest BCUT2D eigenvalue weighted by atomic mass is 9.91. The number of H-pyrrole nitrogens is 1. The van der Waals surface area contributed by atoms with Gasteiger partial charge in [-0.05, 0) is 33.1 Å². The summed E-state index contributed by atoms with van der Waals surface area (Å²) in [5.74, 6) is 0. The van der Waals surface area contributed by atoms with Crippen LogP contribution in [-0.4, -0.2) is 16.2 Å². The number of hydrogen-bond acceptors (Lipinski definition) is 2. The predicted molar refractivity (Wildman–Crippen MR) is 77.6 cm³/mol. The average Bonchev–Trinajstić information content (AvgIpc) is 2.82. The molecular formula is C16H20N3. The lowest BCUT2D eigenvalue weighted by Gasteiger charge is -2.29. The van der Waals surface area contributed by atoms with Gasteiger partial charge in [-0.1, -0.05) is 30.3 Å². The van der Waals surface area contributed by atoms with E-state index in [9.17, 15) is 0 Å². The summed E-state index contributed by atoms with van der Waals surface area (Å²) < 4.78 is 0. The number of nitrogens with zero attached hydrogens (tertiary/aromatic N) is 1. The molecule has 0 amide bonds. The zero-order valence-electron chi connectivity index (χ0n) is 11.5. The summed E-state index contributed by atoms with van der Waals surface area (Å²) in [5.41, 5.74) is 4.74. The molecule has 3 rings (SSSR count). The van der Waals surface area contributed by atoms with Crippen molar-refractivity contribution in [2.24, 2.45) is 0 Å². The highest BCUT2D eigenvalue weighted by atomic mass is 15.1. The van der Waals surface area contributed by atoms with Gasteiger partial charge in [0.25, 0.3) is 0 Å². The molecule has 1 saturated heterocycles. The van der Waals surface area contributed by atoms with Gasteiger partial charge in [0.15, 0.2) is 0 Å². The number of piperidine rings is 1. The second-order valence-electron chi connectivity index (χ2n) is 5.36. The Labute approximate surface area is 114 Å². The summed E-state index contributed by atoms with van der Waals surface area (Å²) in [7, 11) is 0. The zero-order valence-corrected chi connectivity index (χ0v) is 11.5. The topological polar surface area (TPSA) is 40.7 Å². The second-order valence-corrected chi connectivity index (χ2v) is 5.36. The SMILES string of the molecule is Cc1[nH]nc(-c2ccccc2)c1C1C[CH]CC(C)N1. The highest BCUT2D eigenvalue weighted by molar-refractivity contribution is 5.64. The summed E-state index contributed by atoms with van der Waals surface area (Å²) in [5, 5.41) is 11.3. The van der Waals surface area contributed by atoms with Crippen LogP contribution in [0.25, 0.3) is 11.3 Å². The summed E-state index contributed by atoms with van der Waals surface area (Å²) >= 11 is 0. The first-order chi connectivity index (χ1) is 9.25. The molecule has 0 bridgehead atoms. The number of aryl methyl sites for hydroxylation is 1. The first-order valence-corrected chi connectivity index (χ1v) is 6.93. The van der Waals surface area contributed by atoms with Crippen molar-refractivity contribution in [3.05, 3.63) is 48.0 Å². The molecule has 99 valence electrons. The van der Waals surface area contributed by atoms with Crippen LogP contribution in [0.15, 0.2) is 30.3 Å². The van der Waals surface area contributed by atoms with Gasteiger partial charge in [-0.25, -0.2) is 0 Å². The van der Waals surface area contributed by atoms with E-state index in [0.29, 0.717) is 12.1 Å². The molecule has 1 aromatic carbocycles. The Hall–Kier alpha value is -1.61. The maximum Gasteiger partial charge on any atom is 0.0971 e. The Morgan fingerprint density at radius 2 is 1.95 bits per heavy atom. The zero-order chi connectivity index (χ0) is 13.2. The molecule has 0 saturated carbocycles. The maximum absolute atomic E-state index is 4.51. The fourth-order valence-corrected chi connectivity index (χ4v) is 2.87. The Morgan fingerprint density at radius 1 is 1.16 bits per heavy atom. The normalized spacial score (nSPS) is 23.5. The third-order valence-electron chi connectivity index (χ3n) is 3.80. The summed E-state index contributed by atoms with van der Waals surface area (Å²) in [6.45, 7) is 4.34. The van der Waals surface area contributed by atoms with Crippen molar-refractivity contribution in [3.63, 3.8) is 0 Å². The molecule has 0 spiro atoms. The monoisotopic (exact) mass is 254 g/mol. The molecule has 0 aliphatic carbocycles. The minimum Gasteiger partial charge on any atom is -0.307 e. The molecule has 19 heavy (non-hydrogen) atoms. The van der Waals surface area contributed by atoms with E-state index in [1.807, 2.05) is 6.07 Å². The van der Waals surface area contributed by atoms with Crippen molar-refractivity contribution in [3.8, 4) is 11.3 Å². The summed E-state index contributed by atoms with van der Waals surface area (Å²) in [6, 6.07) is 11.3. The molecule has 1 radical (unpaired) electrons. The van der Waals surface area contributed by atoms with Gasteiger partial charge in [0.2, 0.25) is 0 Å². The molecule has 2 aromatic rings. The smallest absolute Gasteiger partial charge is 0.0971 e. The summed E-state index contributed by atoms with van der Waals surface area (Å²) in [4.78, 5) is 0. The average molecular weight is 254 g/mol. The van der Waals surface area contributed by atoms with Gasteiger partial charge in [0.1, 0.15) is 0 Å². The van der Waals surface area contributed by atoms with Crippen LogP contribution in [0.2, 0.25) is 0 Å². The number of aromatic nitrogens is 2. The third kappa shape index (κ3) is 2.43. The standard InChI is InChI=1S/C16H20N3/c1-11-7-6-10-14(17-11)15-12(2)18-19-16(15)13-8-4-3-5-9-13/h3-6,8-9,11,14,17H,7,10H2,1-2H3,(H,18,19). The molecule has 3 heteroatoms. The van der Waals surface area contributed by atoms with Crippen molar-refractivity contribution in [1.29, 1.82) is 0 Å². The van der Waals surface area contributed by atoms with Gasteiger partial charge in [-0.3, -0.25) is 5.10 Å². The highest BCUT2D eigenvalue weighted by Crippen LogP contribution is 2.33. The van der Waals surface area contributed by atoms with Gasteiger partial charge in [-0.2, -0.15) is 5.10 Å². The van der Waals surface area contributed by atoms with Gasteiger partial charge < -0.3 is 5.32 Å². The van der Waals surface area contributed by atoms with Crippen LogP contribution in [0.3, 0.4) is 0 Å². The fourth-order valence-electron chi connectivity index (χ4n) is 2.87. The van der Waals surface area contributed by atoms with Crippen molar-refractivity contribution in [2.45, 2.75) is 38.8 Å². The largest absolute Gasteiger partial charge is 0.307 e. The Kier molecular flexibility index (Phi) is 3.38. The quantitative estimate of drug-likeness (QED) is 0.862. The predicted octanol–water partition coefficient (Wildman–Crippen LogP) is 3.40. The van der Waals surface area contributed by atoms with Gasteiger partial charge in [0, 0.05) is 28.9 Å². The van der Waals surface area contributed by atoms with Crippen molar-refractivity contribution in [2.75, 3.05) is 0 Å². The molecule has 2 unspecified atom stereocenters. The first kappa shape index (κ1) is 12.4. The molecule has 1 aliphatic heterocycles. The molecule has 2 N–H and O–H groups in total. The lowest BCUT2D eigenvalue weighted by molar-refractivity contribution is 0.394. The van der Waals surface area contributed by atoms with Crippen LogP contribution in [0.4, 0.5) is 0 Å². The van der Waals surface area contributed by atoms with E-state index in [0.717, 1.165) is 18.5 Å². The van der Waals surface area contributed by atoms with Crippen LogP contribution in [0.1, 0.15) is 37.1 Å². The van der Waals surface area contributed by atoms with E-state index in [4.69, 9.17) is 0 Å². The minimum atomic E-state index is 0.373. The van der Waals surface area contributed by atoms with Gasteiger partial charge in [0.05, 0.1) is 5.69 Å². The molecule has 3 nitrogen and oxygen atoms in total. The number of rotatable bonds is 2. The van der Waals surface area contributed by atoms with Crippen molar-refractivity contribution < 1.29 is 0 Å². The van der Waals surface area contributed by atoms with E-state index < -0.39 is 0 Å². The van der Waals surface area contributed by atoms with E-state index >= 15 is 0 Å². The van der Waals surface area contributed by atoms with Gasteiger partial charge in [-0.15, -0.1) is 0 Å². The minimum absolute atomic E-state index is 0.373. The van der Waals surface area contributed by atoms with Crippen LogP contribution in [0, 0.1) is 13.3 Å². The second kappa shape index (κ2) is 5.17. The molecule has 1 fully saturated rings. The number of benzene rings is 1. The number of nitrogens with one attached hydrogen (secondary N) is 2. The molecular weight excluding hydrogens is 234 g/mol. The van der Waals surface area contributed by atoms with Crippen LogP contribution in [0.5, 0.6) is 0 Å². The summed E-state index contributed by atoms with van der Waals surface area (Å²) in [6.07, 6.45) is 4.60. The number of hydrogen-bond donors (Lipinski definition) is 2. The number of aromatic amines is 1. The lowest BCUT2D eigenvalue weighted by Crippen LogP contribution is -2.35.